The molecule has 6 heteroatoms. The lowest BCUT2D eigenvalue weighted by Crippen LogP contribution is -2.53. The molecule has 0 aliphatic carbocycles. The molecule has 0 saturated carbocycles. The highest BCUT2D eigenvalue weighted by Crippen LogP contribution is 2.23. The number of benzene rings is 2. The molecule has 3 rings (SSSR count). The second-order valence-corrected chi connectivity index (χ2v) is 6.43. The van der Waals surface area contributed by atoms with E-state index in [1.165, 1.54) is 6.07 Å². The number of nitrogens with two attached hydrogens (primary N) is 1. The van der Waals surface area contributed by atoms with Crippen molar-refractivity contribution in [1.29, 1.82) is 0 Å². The van der Waals surface area contributed by atoms with Crippen LogP contribution in [0.2, 0.25) is 0 Å². The van der Waals surface area contributed by atoms with Gasteiger partial charge in [-0.1, -0.05) is 24.3 Å². The van der Waals surface area contributed by atoms with E-state index in [0.717, 1.165) is 25.3 Å². The third-order valence-electron chi connectivity index (χ3n) is 4.68. The van der Waals surface area contributed by atoms with E-state index >= 15 is 0 Å². The van der Waals surface area contributed by atoms with Crippen LogP contribution < -0.4 is 16.2 Å². The molecule has 0 spiro atoms. The van der Waals surface area contributed by atoms with E-state index in [0.29, 0.717) is 12.0 Å². The Kier molecular flexibility index (Phi) is 5.31. The molecule has 1 saturated heterocycles. The Balaban J connectivity index is 1.82. The number of likely N-dealkylation sites (N-methyl/N-ethyl adjacent to an activating group) is 1. The zero-order chi connectivity index (χ0) is 17.8. The molecule has 1 heterocycles. The predicted molar refractivity (Wildman–Crippen MR) is 96.8 cm³/mol. The number of hydrogen-bond donors (Lipinski definition) is 2. The molecule has 3 N–H and O–H groups in total. The maximum Gasteiger partial charge on any atom is 0.265 e. The highest BCUT2D eigenvalue weighted by molar-refractivity contribution is 5.93. The first kappa shape index (κ1) is 17.4. The van der Waals surface area contributed by atoms with Crippen molar-refractivity contribution in [1.82, 2.24) is 10.3 Å². The third kappa shape index (κ3) is 3.97. The highest BCUT2D eigenvalue weighted by atomic mass is 19.1. The van der Waals surface area contributed by atoms with Gasteiger partial charge >= 0.3 is 0 Å². The van der Waals surface area contributed by atoms with Gasteiger partial charge < -0.3 is 9.80 Å². The van der Waals surface area contributed by atoms with Gasteiger partial charge in [0, 0.05) is 36.9 Å². The zero-order valence-corrected chi connectivity index (χ0v) is 14.3. The monoisotopic (exact) mass is 342 g/mol. The third-order valence-corrected chi connectivity index (χ3v) is 4.68. The molecule has 1 aliphatic heterocycles. The summed E-state index contributed by atoms with van der Waals surface area (Å²) < 4.78 is 14.5. The Bertz CT molecular complexity index is 737. The second-order valence-electron chi connectivity index (χ2n) is 6.43. The van der Waals surface area contributed by atoms with Crippen molar-refractivity contribution in [3.63, 3.8) is 0 Å². The van der Waals surface area contributed by atoms with Crippen molar-refractivity contribution in [3.8, 4) is 0 Å². The normalized spacial score (nSPS) is 18.2. The molecule has 1 fully saturated rings. The van der Waals surface area contributed by atoms with E-state index in [1.807, 2.05) is 23.6 Å². The van der Waals surface area contributed by atoms with Crippen molar-refractivity contribution < 1.29 is 9.18 Å². The number of piperazine rings is 1. The number of nitrogens with zero attached hydrogens (tertiary/aromatic N) is 2. The Morgan fingerprint density at radius 2 is 2.00 bits per heavy atom. The Morgan fingerprint density at radius 1 is 1.24 bits per heavy atom. The number of anilines is 1. The molecule has 1 amide bonds. The summed E-state index contributed by atoms with van der Waals surface area (Å²) in [5.74, 6) is 4.24. The molecule has 1 atom stereocenters. The SMILES string of the molecule is CN1CCN(c2ccccc2)C(Cc2ccc(C(=O)NN)cc2F)C1. The summed E-state index contributed by atoms with van der Waals surface area (Å²) in [5.41, 5.74) is 4.01. The molecule has 132 valence electrons. The Hall–Kier alpha value is -2.44. The standard InChI is InChI=1S/C19H23FN4O/c1-23-9-10-24(16-5-3-2-4-6-16)17(13-23)11-14-7-8-15(12-18(14)20)19(25)22-21/h2-8,12,17H,9-11,13,21H2,1H3,(H,22,25). The van der Waals surface area contributed by atoms with Gasteiger partial charge in [-0.05, 0) is 43.3 Å². The minimum atomic E-state index is -0.492. The summed E-state index contributed by atoms with van der Waals surface area (Å²) in [5, 5.41) is 0. The van der Waals surface area contributed by atoms with Gasteiger partial charge in [0.1, 0.15) is 5.82 Å². The molecule has 2 aromatic carbocycles. The van der Waals surface area contributed by atoms with Crippen LogP contribution in [0.1, 0.15) is 15.9 Å². The van der Waals surface area contributed by atoms with Crippen molar-refractivity contribution in [2.75, 3.05) is 31.6 Å². The van der Waals surface area contributed by atoms with Gasteiger partial charge in [0.25, 0.3) is 5.91 Å². The molecule has 2 aromatic rings. The average Bonchev–Trinajstić information content (AvgIpc) is 2.63. The van der Waals surface area contributed by atoms with Crippen LogP contribution in [0.25, 0.3) is 0 Å². The average molecular weight is 342 g/mol. The van der Waals surface area contributed by atoms with E-state index in [9.17, 15) is 9.18 Å². The van der Waals surface area contributed by atoms with Gasteiger partial charge in [0.15, 0.2) is 0 Å². The van der Waals surface area contributed by atoms with Gasteiger partial charge in [-0.25, -0.2) is 10.2 Å². The Morgan fingerprint density at radius 3 is 2.68 bits per heavy atom. The van der Waals surface area contributed by atoms with Crippen molar-refractivity contribution >= 4 is 11.6 Å². The number of rotatable bonds is 4. The molecular weight excluding hydrogens is 319 g/mol. The number of hydrazine groups is 1. The molecule has 0 bridgehead atoms. The summed E-state index contributed by atoms with van der Waals surface area (Å²) in [6.07, 6.45) is 0.579. The molecule has 0 aromatic heterocycles. The lowest BCUT2D eigenvalue weighted by atomic mass is 9.99. The molecule has 1 unspecified atom stereocenters. The first-order chi connectivity index (χ1) is 12.1. The lowest BCUT2D eigenvalue weighted by Gasteiger charge is -2.41. The number of nitrogen functional groups attached to an aromatic ring is 1. The summed E-state index contributed by atoms with van der Waals surface area (Å²) in [7, 11) is 2.08. The van der Waals surface area contributed by atoms with Crippen LogP contribution in [0, 0.1) is 5.82 Å². The van der Waals surface area contributed by atoms with E-state index < -0.39 is 5.91 Å². The van der Waals surface area contributed by atoms with E-state index in [-0.39, 0.29) is 17.4 Å². The molecule has 25 heavy (non-hydrogen) atoms. The number of hydrogen-bond acceptors (Lipinski definition) is 4. The van der Waals surface area contributed by atoms with Gasteiger partial charge in [-0.3, -0.25) is 10.2 Å². The number of carbonyl (C=O) groups excluding carboxylic acids is 1. The fraction of sp³-hybridized carbons (Fsp3) is 0.316. The van der Waals surface area contributed by atoms with Gasteiger partial charge in [-0.2, -0.15) is 0 Å². The minimum Gasteiger partial charge on any atom is -0.366 e. The largest absolute Gasteiger partial charge is 0.366 e. The maximum absolute atomic E-state index is 14.5. The highest BCUT2D eigenvalue weighted by Gasteiger charge is 2.26. The van der Waals surface area contributed by atoms with Crippen LogP contribution in [0.4, 0.5) is 10.1 Å². The minimum absolute atomic E-state index is 0.171. The van der Waals surface area contributed by atoms with Crippen LogP contribution in [0.15, 0.2) is 48.5 Å². The van der Waals surface area contributed by atoms with E-state index in [4.69, 9.17) is 5.84 Å². The van der Waals surface area contributed by atoms with Crippen molar-refractivity contribution in [2.45, 2.75) is 12.5 Å². The molecule has 1 aliphatic rings. The molecule has 5 nitrogen and oxygen atoms in total. The number of halogens is 1. The van der Waals surface area contributed by atoms with Crippen molar-refractivity contribution in [3.05, 3.63) is 65.5 Å². The van der Waals surface area contributed by atoms with E-state index in [2.05, 4.69) is 29.0 Å². The number of para-hydroxylation sites is 1. The van der Waals surface area contributed by atoms with Crippen LogP contribution in [-0.4, -0.2) is 43.5 Å². The quantitative estimate of drug-likeness (QED) is 0.505. The first-order valence-corrected chi connectivity index (χ1v) is 8.38. The second kappa shape index (κ2) is 7.63. The topological polar surface area (TPSA) is 61.6 Å². The fourth-order valence-electron chi connectivity index (χ4n) is 3.34. The number of amides is 1. The summed E-state index contributed by atoms with van der Waals surface area (Å²) in [6, 6.07) is 14.9. The van der Waals surface area contributed by atoms with Crippen molar-refractivity contribution in [2.24, 2.45) is 5.84 Å². The van der Waals surface area contributed by atoms with Crippen LogP contribution in [0.3, 0.4) is 0 Å². The number of nitrogens with one attached hydrogen (secondary N) is 1. The molecule has 0 radical (unpaired) electrons. The van der Waals surface area contributed by atoms with Crippen LogP contribution in [0.5, 0.6) is 0 Å². The van der Waals surface area contributed by atoms with Crippen LogP contribution in [-0.2, 0) is 6.42 Å². The fourth-order valence-corrected chi connectivity index (χ4v) is 3.34. The zero-order valence-electron chi connectivity index (χ0n) is 14.3. The smallest absolute Gasteiger partial charge is 0.265 e. The summed E-state index contributed by atoms with van der Waals surface area (Å²) in [6.45, 7) is 2.74. The Labute approximate surface area is 147 Å². The van der Waals surface area contributed by atoms with Crippen LogP contribution >= 0.6 is 0 Å². The lowest BCUT2D eigenvalue weighted by molar-refractivity contribution is 0.0953. The summed E-state index contributed by atoms with van der Waals surface area (Å²) >= 11 is 0. The predicted octanol–water partition coefficient (Wildman–Crippen LogP) is 1.79. The summed E-state index contributed by atoms with van der Waals surface area (Å²) in [4.78, 5) is 16.1. The van der Waals surface area contributed by atoms with Gasteiger partial charge in [0.05, 0.1) is 0 Å². The van der Waals surface area contributed by atoms with E-state index in [1.54, 1.807) is 12.1 Å². The first-order valence-electron chi connectivity index (χ1n) is 8.38. The number of carbonyl (C=O) groups is 1. The van der Waals surface area contributed by atoms with Gasteiger partial charge in [-0.15, -0.1) is 0 Å². The maximum atomic E-state index is 14.5. The molecular formula is C19H23FN4O. The van der Waals surface area contributed by atoms with Gasteiger partial charge in [0.2, 0.25) is 0 Å².